The molecule has 2 N–H and O–H groups in total. The van der Waals surface area contributed by atoms with Crippen LogP contribution in [0.5, 0.6) is 5.75 Å². The summed E-state index contributed by atoms with van der Waals surface area (Å²) < 4.78 is 7.10. The highest BCUT2D eigenvalue weighted by molar-refractivity contribution is 9.11. The van der Waals surface area contributed by atoms with E-state index in [1.54, 1.807) is 18.2 Å². The van der Waals surface area contributed by atoms with Crippen LogP contribution in [0.4, 0.5) is 11.4 Å². The Morgan fingerprint density at radius 1 is 0.972 bits per heavy atom. The van der Waals surface area contributed by atoms with Gasteiger partial charge in [0, 0.05) is 21.4 Å². The Kier molecular flexibility index (Phi) is 9.08. The van der Waals surface area contributed by atoms with E-state index < -0.39 is 5.91 Å². The molecule has 0 aliphatic heterocycles. The molecule has 3 aromatic carbocycles. The molecule has 0 unspecified atom stereocenters. The second-order valence-electron chi connectivity index (χ2n) is 8.31. The van der Waals surface area contributed by atoms with Crippen molar-refractivity contribution in [2.45, 2.75) is 27.7 Å². The second-order valence-corrected chi connectivity index (χ2v) is 10.1. The summed E-state index contributed by atoms with van der Waals surface area (Å²) >= 11 is 6.88. The van der Waals surface area contributed by atoms with Crippen molar-refractivity contribution in [1.82, 2.24) is 0 Å². The molecule has 36 heavy (non-hydrogen) atoms. The SMILES string of the molecule is Cc1ccc(NC(=O)COc2c(Br)cc(Br)cc2/C=C(/C#N)C(=O)Nc2cccc(C)c2C)cc1C. The third kappa shape index (κ3) is 6.84. The minimum atomic E-state index is -0.541. The number of nitriles is 1. The quantitative estimate of drug-likeness (QED) is 0.222. The maximum absolute atomic E-state index is 12.9. The van der Waals surface area contributed by atoms with Crippen LogP contribution in [0.15, 0.2) is 63.0 Å². The minimum absolute atomic E-state index is 0.106. The predicted octanol–water partition coefficient (Wildman–Crippen LogP) is 7.01. The van der Waals surface area contributed by atoms with Crippen LogP contribution in [0.2, 0.25) is 0 Å². The lowest BCUT2D eigenvalue weighted by atomic mass is 10.1. The van der Waals surface area contributed by atoms with Crippen molar-refractivity contribution < 1.29 is 14.3 Å². The van der Waals surface area contributed by atoms with Crippen molar-refractivity contribution in [1.29, 1.82) is 5.26 Å². The number of ether oxygens (including phenoxy) is 1. The molecule has 0 atom stereocenters. The first-order valence-electron chi connectivity index (χ1n) is 11.1. The van der Waals surface area contributed by atoms with Gasteiger partial charge in [0.2, 0.25) is 0 Å². The summed E-state index contributed by atoms with van der Waals surface area (Å²) in [5.41, 5.74) is 5.82. The molecule has 0 bridgehead atoms. The molecule has 0 spiro atoms. The van der Waals surface area contributed by atoms with Gasteiger partial charge in [-0.25, -0.2) is 0 Å². The summed E-state index contributed by atoms with van der Waals surface area (Å²) in [6.45, 7) is 7.57. The van der Waals surface area contributed by atoms with Gasteiger partial charge in [-0.1, -0.05) is 34.1 Å². The van der Waals surface area contributed by atoms with Gasteiger partial charge in [-0.05, 0) is 102 Å². The molecule has 8 heteroatoms. The molecule has 0 heterocycles. The highest BCUT2D eigenvalue weighted by Crippen LogP contribution is 2.34. The van der Waals surface area contributed by atoms with E-state index in [2.05, 4.69) is 42.5 Å². The Morgan fingerprint density at radius 2 is 1.72 bits per heavy atom. The second kappa shape index (κ2) is 12.0. The van der Waals surface area contributed by atoms with Gasteiger partial charge in [-0.15, -0.1) is 0 Å². The van der Waals surface area contributed by atoms with Gasteiger partial charge in [-0.3, -0.25) is 9.59 Å². The Labute approximate surface area is 227 Å². The van der Waals surface area contributed by atoms with E-state index in [4.69, 9.17) is 4.74 Å². The van der Waals surface area contributed by atoms with E-state index >= 15 is 0 Å². The first-order chi connectivity index (χ1) is 17.1. The topological polar surface area (TPSA) is 91.2 Å². The summed E-state index contributed by atoms with van der Waals surface area (Å²) in [6, 6.07) is 16.7. The highest BCUT2D eigenvalue weighted by atomic mass is 79.9. The first kappa shape index (κ1) is 27.2. The molecule has 0 aliphatic carbocycles. The summed E-state index contributed by atoms with van der Waals surface area (Å²) in [4.78, 5) is 25.4. The average molecular weight is 611 g/mol. The van der Waals surface area contributed by atoms with E-state index in [1.807, 2.05) is 64.1 Å². The van der Waals surface area contributed by atoms with Gasteiger partial charge in [0.1, 0.15) is 17.4 Å². The number of rotatable bonds is 7. The summed E-state index contributed by atoms with van der Waals surface area (Å²) in [7, 11) is 0. The largest absolute Gasteiger partial charge is 0.482 e. The van der Waals surface area contributed by atoms with E-state index in [0.29, 0.717) is 31.6 Å². The smallest absolute Gasteiger partial charge is 0.266 e. The number of hydrogen-bond acceptors (Lipinski definition) is 4. The molecular formula is C28H25Br2N3O3. The lowest BCUT2D eigenvalue weighted by molar-refractivity contribution is -0.118. The zero-order valence-corrected chi connectivity index (χ0v) is 23.5. The predicted molar refractivity (Wildman–Crippen MR) is 150 cm³/mol. The van der Waals surface area contributed by atoms with Crippen molar-refractivity contribution in [2.75, 3.05) is 17.2 Å². The number of benzene rings is 3. The van der Waals surface area contributed by atoms with Crippen molar-refractivity contribution >= 4 is 61.1 Å². The lowest BCUT2D eigenvalue weighted by Crippen LogP contribution is -2.20. The fourth-order valence-electron chi connectivity index (χ4n) is 3.37. The Hall–Kier alpha value is -3.41. The molecule has 184 valence electrons. The number of nitrogens with zero attached hydrogens (tertiary/aromatic N) is 1. The van der Waals surface area contributed by atoms with E-state index in [0.717, 1.165) is 22.3 Å². The van der Waals surface area contributed by atoms with Gasteiger partial charge >= 0.3 is 0 Å². The fourth-order valence-corrected chi connectivity index (χ4v) is 4.75. The number of aryl methyl sites for hydroxylation is 3. The van der Waals surface area contributed by atoms with Crippen LogP contribution >= 0.6 is 31.9 Å². The van der Waals surface area contributed by atoms with Crippen molar-refractivity contribution in [3.05, 3.63) is 90.9 Å². The minimum Gasteiger partial charge on any atom is -0.482 e. The number of nitrogens with one attached hydrogen (secondary N) is 2. The van der Waals surface area contributed by atoms with Crippen molar-refractivity contribution in [3.63, 3.8) is 0 Å². The van der Waals surface area contributed by atoms with Crippen LogP contribution in [0.3, 0.4) is 0 Å². The van der Waals surface area contributed by atoms with E-state index in [1.165, 1.54) is 6.08 Å². The standard InChI is InChI=1S/C28H25Br2N3O3/c1-16-8-9-23(10-18(16)3)32-26(34)15-36-27-20(12-22(29)13-24(27)30)11-21(14-31)28(35)33-25-7-5-6-17(2)19(25)4/h5-13H,15H2,1-4H3,(H,32,34)(H,33,35)/b21-11-. The van der Waals surface area contributed by atoms with E-state index in [9.17, 15) is 14.9 Å². The molecule has 0 saturated carbocycles. The number of amides is 2. The normalized spacial score (nSPS) is 11.0. The molecule has 0 fully saturated rings. The number of carbonyl (C=O) groups excluding carboxylic acids is 2. The maximum atomic E-state index is 12.9. The lowest BCUT2D eigenvalue weighted by Gasteiger charge is -2.14. The summed E-state index contributed by atoms with van der Waals surface area (Å²) in [5.74, 6) is -0.544. The molecule has 0 aliphatic rings. The number of anilines is 2. The van der Waals surface area contributed by atoms with Crippen LogP contribution in [0.1, 0.15) is 27.8 Å². The summed E-state index contributed by atoms with van der Waals surface area (Å²) in [5, 5.41) is 15.3. The van der Waals surface area contributed by atoms with Crippen LogP contribution in [-0.2, 0) is 9.59 Å². The Bertz CT molecular complexity index is 1410. The monoisotopic (exact) mass is 609 g/mol. The zero-order valence-electron chi connectivity index (χ0n) is 20.3. The molecule has 3 rings (SSSR count). The van der Waals surface area contributed by atoms with Crippen LogP contribution in [0.25, 0.3) is 6.08 Å². The van der Waals surface area contributed by atoms with Gasteiger partial charge in [0.25, 0.3) is 11.8 Å². The van der Waals surface area contributed by atoms with Gasteiger partial charge in [0.05, 0.1) is 4.47 Å². The third-order valence-corrected chi connectivity index (χ3v) is 6.74. The van der Waals surface area contributed by atoms with Crippen LogP contribution in [0, 0.1) is 39.0 Å². The Balaban J connectivity index is 1.82. The highest BCUT2D eigenvalue weighted by Gasteiger charge is 2.16. The average Bonchev–Trinajstić information content (AvgIpc) is 2.82. The number of halogens is 2. The Morgan fingerprint density at radius 3 is 2.42 bits per heavy atom. The van der Waals surface area contributed by atoms with Crippen LogP contribution < -0.4 is 15.4 Å². The maximum Gasteiger partial charge on any atom is 0.266 e. The van der Waals surface area contributed by atoms with Crippen molar-refractivity contribution in [2.24, 2.45) is 0 Å². The molecular weight excluding hydrogens is 586 g/mol. The fraction of sp³-hybridized carbons (Fsp3) is 0.179. The molecule has 2 amide bonds. The zero-order chi connectivity index (χ0) is 26.4. The molecule has 6 nitrogen and oxygen atoms in total. The van der Waals surface area contributed by atoms with Crippen molar-refractivity contribution in [3.8, 4) is 11.8 Å². The molecule has 0 saturated heterocycles. The van der Waals surface area contributed by atoms with Crippen LogP contribution in [-0.4, -0.2) is 18.4 Å². The summed E-state index contributed by atoms with van der Waals surface area (Å²) in [6.07, 6.45) is 1.44. The van der Waals surface area contributed by atoms with Gasteiger partial charge in [0.15, 0.2) is 6.61 Å². The number of carbonyl (C=O) groups is 2. The third-order valence-electron chi connectivity index (χ3n) is 5.69. The molecule has 3 aromatic rings. The van der Waals surface area contributed by atoms with Gasteiger partial charge < -0.3 is 15.4 Å². The first-order valence-corrected chi connectivity index (χ1v) is 12.7. The molecule has 0 radical (unpaired) electrons. The van der Waals surface area contributed by atoms with Gasteiger partial charge in [-0.2, -0.15) is 5.26 Å². The van der Waals surface area contributed by atoms with E-state index in [-0.39, 0.29) is 18.1 Å². The molecule has 0 aromatic heterocycles. The number of hydrogen-bond donors (Lipinski definition) is 2.